The molecule has 1 aromatic rings. The van der Waals surface area contributed by atoms with Crippen LogP contribution in [-0.2, 0) is 9.53 Å². The summed E-state index contributed by atoms with van der Waals surface area (Å²) in [6.07, 6.45) is 0.417. The van der Waals surface area contributed by atoms with Gasteiger partial charge in [-0.1, -0.05) is 6.07 Å². The highest BCUT2D eigenvalue weighted by molar-refractivity contribution is 5.81. The third-order valence-electron chi connectivity index (χ3n) is 5.18. The Morgan fingerprint density at radius 1 is 1.19 bits per heavy atom. The van der Waals surface area contributed by atoms with Gasteiger partial charge in [0, 0.05) is 46.7 Å². The lowest BCUT2D eigenvalue weighted by molar-refractivity contribution is -0.128. The van der Waals surface area contributed by atoms with Crippen molar-refractivity contribution < 1.29 is 19.0 Å². The second-order valence-corrected chi connectivity index (χ2v) is 7.46. The highest BCUT2D eigenvalue weighted by atomic mass is 16.5. The first-order valence-corrected chi connectivity index (χ1v) is 10.8. The van der Waals surface area contributed by atoms with Crippen molar-refractivity contribution in [1.82, 2.24) is 20.4 Å². The van der Waals surface area contributed by atoms with Gasteiger partial charge in [-0.3, -0.25) is 14.7 Å². The van der Waals surface area contributed by atoms with Crippen LogP contribution < -0.4 is 20.1 Å². The van der Waals surface area contributed by atoms with Gasteiger partial charge in [0.15, 0.2) is 17.5 Å². The molecule has 9 nitrogen and oxygen atoms in total. The maximum absolute atomic E-state index is 11.8. The van der Waals surface area contributed by atoms with Gasteiger partial charge in [-0.05, 0) is 24.6 Å². The molecule has 0 aliphatic carbocycles. The molecule has 0 radical (unpaired) electrons. The molecular formula is C22H37N5O4. The van der Waals surface area contributed by atoms with E-state index in [1.54, 1.807) is 33.2 Å². The van der Waals surface area contributed by atoms with Crippen molar-refractivity contribution in [3.63, 3.8) is 0 Å². The van der Waals surface area contributed by atoms with Crippen molar-refractivity contribution in [3.8, 4) is 11.5 Å². The number of carbonyl (C=O) groups excluding carboxylic acids is 1. The number of carbonyl (C=O) groups is 1. The van der Waals surface area contributed by atoms with Crippen LogP contribution in [0.15, 0.2) is 23.2 Å². The summed E-state index contributed by atoms with van der Waals surface area (Å²) in [6, 6.07) is 6.09. The van der Waals surface area contributed by atoms with Crippen LogP contribution in [-0.4, -0.2) is 95.9 Å². The Bertz CT molecular complexity index is 720. The van der Waals surface area contributed by atoms with E-state index in [4.69, 9.17) is 19.2 Å². The molecule has 31 heavy (non-hydrogen) atoms. The Kier molecular flexibility index (Phi) is 10.4. The highest BCUT2D eigenvalue weighted by Gasteiger charge is 2.24. The fraction of sp³-hybridized carbons (Fsp3) is 0.636. The van der Waals surface area contributed by atoms with Crippen molar-refractivity contribution in [3.05, 3.63) is 23.8 Å². The van der Waals surface area contributed by atoms with Gasteiger partial charge in [0.1, 0.15) is 0 Å². The van der Waals surface area contributed by atoms with Crippen LogP contribution in [0.4, 0.5) is 0 Å². The topological polar surface area (TPSA) is 87.7 Å². The van der Waals surface area contributed by atoms with E-state index in [2.05, 4.69) is 21.6 Å². The van der Waals surface area contributed by atoms with Crippen molar-refractivity contribution in [2.75, 3.05) is 74.3 Å². The minimum absolute atomic E-state index is 0.0718. The maximum atomic E-state index is 11.8. The zero-order chi connectivity index (χ0) is 22.6. The number of hydrogen-bond donors (Lipinski definition) is 2. The molecule has 1 aliphatic rings. The molecule has 0 bridgehead atoms. The van der Waals surface area contributed by atoms with E-state index in [9.17, 15) is 4.79 Å². The Labute approximate surface area is 185 Å². The molecule has 174 valence electrons. The molecule has 1 aliphatic heterocycles. The van der Waals surface area contributed by atoms with E-state index in [-0.39, 0.29) is 11.9 Å². The number of nitrogens with zero attached hydrogens (tertiary/aromatic N) is 3. The predicted molar refractivity (Wildman–Crippen MR) is 122 cm³/mol. The van der Waals surface area contributed by atoms with Gasteiger partial charge in [-0.15, -0.1) is 0 Å². The molecule has 2 rings (SSSR count). The summed E-state index contributed by atoms with van der Waals surface area (Å²) in [7, 11) is 6.80. The molecule has 1 heterocycles. The predicted octanol–water partition coefficient (Wildman–Crippen LogP) is 1.11. The minimum atomic E-state index is 0.0718. The molecule has 1 unspecified atom stereocenters. The van der Waals surface area contributed by atoms with Crippen LogP contribution in [0.1, 0.15) is 24.9 Å². The molecule has 1 amide bonds. The van der Waals surface area contributed by atoms with Gasteiger partial charge in [0.2, 0.25) is 5.91 Å². The molecular weight excluding hydrogens is 398 g/mol. The van der Waals surface area contributed by atoms with Gasteiger partial charge in [-0.2, -0.15) is 0 Å². The molecule has 2 N–H and O–H groups in total. The van der Waals surface area contributed by atoms with E-state index in [1.165, 1.54) is 0 Å². The summed E-state index contributed by atoms with van der Waals surface area (Å²) in [5.41, 5.74) is 1.11. The second-order valence-electron chi connectivity index (χ2n) is 7.46. The Balaban J connectivity index is 2.17. The van der Waals surface area contributed by atoms with Crippen LogP contribution >= 0.6 is 0 Å². The highest BCUT2D eigenvalue weighted by Crippen LogP contribution is 2.32. The normalized spacial score (nSPS) is 15.8. The van der Waals surface area contributed by atoms with E-state index in [0.29, 0.717) is 50.2 Å². The Morgan fingerprint density at radius 3 is 2.52 bits per heavy atom. The lowest BCUT2D eigenvalue weighted by atomic mass is 10.0. The number of methoxy groups -OCH3 is 2. The summed E-state index contributed by atoms with van der Waals surface area (Å²) in [6.45, 7) is 6.96. The van der Waals surface area contributed by atoms with Crippen molar-refractivity contribution in [1.29, 1.82) is 0 Å². The fourth-order valence-corrected chi connectivity index (χ4v) is 3.41. The SMILES string of the molecule is CCNC(=NCC(c1ccc(OC)c(OC)c1)N1CCOCC1)NCCC(=O)N(C)C. The summed E-state index contributed by atoms with van der Waals surface area (Å²) in [4.78, 5) is 20.6. The molecule has 0 spiro atoms. The number of amides is 1. The van der Waals surface area contributed by atoms with Crippen LogP contribution in [0, 0.1) is 0 Å². The lowest BCUT2D eigenvalue weighted by Crippen LogP contribution is -2.42. The number of ether oxygens (including phenoxy) is 3. The second kappa shape index (κ2) is 13.0. The zero-order valence-electron chi connectivity index (χ0n) is 19.4. The van der Waals surface area contributed by atoms with E-state index < -0.39 is 0 Å². The summed E-state index contributed by atoms with van der Waals surface area (Å²) in [5, 5.41) is 6.52. The van der Waals surface area contributed by atoms with E-state index in [1.807, 2.05) is 19.1 Å². The Hall–Kier alpha value is -2.52. The van der Waals surface area contributed by atoms with E-state index >= 15 is 0 Å². The first-order chi connectivity index (χ1) is 15.0. The number of aliphatic imine (C=N–C) groups is 1. The zero-order valence-corrected chi connectivity index (χ0v) is 19.4. The quantitative estimate of drug-likeness (QED) is 0.420. The summed E-state index contributed by atoms with van der Waals surface area (Å²) in [5.74, 6) is 2.19. The minimum Gasteiger partial charge on any atom is -0.493 e. The average Bonchev–Trinajstić information content (AvgIpc) is 2.79. The number of hydrogen-bond acceptors (Lipinski definition) is 6. The number of benzene rings is 1. The van der Waals surface area contributed by atoms with Crippen molar-refractivity contribution in [2.45, 2.75) is 19.4 Å². The molecule has 1 atom stereocenters. The molecule has 0 saturated carbocycles. The average molecular weight is 436 g/mol. The van der Waals surface area contributed by atoms with Crippen molar-refractivity contribution in [2.24, 2.45) is 4.99 Å². The Morgan fingerprint density at radius 2 is 1.90 bits per heavy atom. The molecule has 1 fully saturated rings. The number of nitrogens with one attached hydrogen (secondary N) is 2. The van der Waals surface area contributed by atoms with Gasteiger partial charge in [-0.25, -0.2) is 0 Å². The van der Waals surface area contributed by atoms with Crippen LogP contribution in [0.5, 0.6) is 11.5 Å². The third-order valence-corrected chi connectivity index (χ3v) is 5.18. The van der Waals surface area contributed by atoms with Crippen LogP contribution in [0.2, 0.25) is 0 Å². The maximum Gasteiger partial charge on any atom is 0.223 e. The molecule has 1 aromatic carbocycles. The first-order valence-electron chi connectivity index (χ1n) is 10.8. The lowest BCUT2D eigenvalue weighted by Gasteiger charge is -2.34. The molecule has 0 aromatic heterocycles. The summed E-state index contributed by atoms with van der Waals surface area (Å²) < 4.78 is 16.4. The molecule has 9 heteroatoms. The molecule has 1 saturated heterocycles. The monoisotopic (exact) mass is 435 g/mol. The standard InChI is InChI=1S/C22H37N5O4/c1-6-23-22(24-10-9-21(28)26(2)3)25-16-18(27-11-13-31-14-12-27)17-7-8-19(29-4)20(15-17)30-5/h7-8,15,18H,6,9-14,16H2,1-5H3,(H2,23,24,25). The number of guanidine groups is 1. The largest absolute Gasteiger partial charge is 0.493 e. The van der Waals surface area contributed by atoms with Crippen molar-refractivity contribution >= 4 is 11.9 Å². The third kappa shape index (κ3) is 7.59. The first kappa shape index (κ1) is 24.7. The van der Waals surface area contributed by atoms with Gasteiger partial charge in [0.25, 0.3) is 0 Å². The fourth-order valence-electron chi connectivity index (χ4n) is 3.41. The number of rotatable bonds is 10. The van der Waals surface area contributed by atoms with Gasteiger partial charge >= 0.3 is 0 Å². The number of morpholine rings is 1. The van der Waals surface area contributed by atoms with Gasteiger partial charge in [0.05, 0.1) is 40.0 Å². The van der Waals surface area contributed by atoms with Crippen LogP contribution in [0.25, 0.3) is 0 Å². The van der Waals surface area contributed by atoms with Crippen LogP contribution in [0.3, 0.4) is 0 Å². The van der Waals surface area contributed by atoms with Gasteiger partial charge < -0.3 is 29.7 Å². The van der Waals surface area contributed by atoms with E-state index in [0.717, 1.165) is 25.2 Å². The smallest absolute Gasteiger partial charge is 0.223 e. The summed E-state index contributed by atoms with van der Waals surface area (Å²) >= 11 is 0.